The molecule has 1 aromatic carbocycles. The molecule has 0 aromatic heterocycles. The number of ether oxygens (including phenoxy) is 1. The van der Waals surface area contributed by atoms with Gasteiger partial charge >= 0.3 is 0 Å². The van der Waals surface area contributed by atoms with Gasteiger partial charge < -0.3 is 15.6 Å². The highest BCUT2D eigenvalue weighted by Gasteiger charge is 2.42. The fraction of sp³-hybridized carbons (Fsp3) is 0.647. The normalized spacial score (nSPS) is 18.7. The molecule has 2 rings (SSSR count). The zero-order valence-corrected chi connectivity index (χ0v) is 13.1. The Kier molecular flexibility index (Phi) is 4.12. The van der Waals surface area contributed by atoms with E-state index in [1.165, 1.54) is 11.1 Å². The highest BCUT2D eigenvalue weighted by Crippen LogP contribution is 2.39. The lowest BCUT2D eigenvalue weighted by Gasteiger charge is -2.29. The van der Waals surface area contributed by atoms with Crippen molar-refractivity contribution in [1.29, 1.82) is 0 Å². The number of hydrogen-bond donors (Lipinski definition) is 2. The number of aliphatic hydroxyl groups excluding tert-OH is 1. The Hall–Kier alpha value is -1.06. The van der Waals surface area contributed by atoms with E-state index in [0.29, 0.717) is 12.5 Å². The zero-order chi connectivity index (χ0) is 15.0. The van der Waals surface area contributed by atoms with Crippen LogP contribution in [0.4, 0.5) is 0 Å². The second kappa shape index (κ2) is 5.38. The third-order valence-electron chi connectivity index (χ3n) is 4.13. The van der Waals surface area contributed by atoms with Crippen LogP contribution in [0.1, 0.15) is 44.7 Å². The molecule has 1 aliphatic carbocycles. The molecule has 1 atom stereocenters. The van der Waals surface area contributed by atoms with Crippen LogP contribution in [0.5, 0.6) is 5.75 Å². The molecule has 0 radical (unpaired) electrons. The minimum Gasteiger partial charge on any atom is -0.491 e. The molecule has 1 saturated carbocycles. The van der Waals surface area contributed by atoms with E-state index in [1.54, 1.807) is 0 Å². The van der Waals surface area contributed by atoms with Crippen molar-refractivity contribution in [2.45, 2.75) is 51.5 Å². The van der Waals surface area contributed by atoms with Crippen molar-refractivity contribution in [1.82, 2.24) is 0 Å². The van der Waals surface area contributed by atoms with E-state index in [1.807, 2.05) is 0 Å². The highest BCUT2D eigenvalue weighted by molar-refractivity contribution is 5.41. The maximum Gasteiger partial charge on any atom is 0.123 e. The van der Waals surface area contributed by atoms with Crippen LogP contribution in [0.15, 0.2) is 18.2 Å². The molecule has 1 aromatic rings. The minimum absolute atomic E-state index is 0.0195. The molecular formula is C17H27NO2. The monoisotopic (exact) mass is 277 g/mol. The van der Waals surface area contributed by atoms with Crippen molar-refractivity contribution >= 4 is 0 Å². The first-order valence-electron chi connectivity index (χ1n) is 7.40. The van der Waals surface area contributed by atoms with Gasteiger partial charge in [0.2, 0.25) is 0 Å². The quantitative estimate of drug-likeness (QED) is 0.870. The summed E-state index contributed by atoms with van der Waals surface area (Å²) in [5.41, 5.74) is 8.05. The van der Waals surface area contributed by atoms with E-state index in [0.717, 1.165) is 18.6 Å². The molecule has 0 heterocycles. The smallest absolute Gasteiger partial charge is 0.123 e. The van der Waals surface area contributed by atoms with Crippen LogP contribution in [0.2, 0.25) is 0 Å². The van der Waals surface area contributed by atoms with Gasteiger partial charge in [-0.05, 0) is 48.3 Å². The third-order valence-corrected chi connectivity index (χ3v) is 4.13. The Morgan fingerprint density at radius 2 is 1.95 bits per heavy atom. The molecule has 3 N–H and O–H groups in total. The lowest BCUT2D eigenvalue weighted by atomic mass is 9.86. The van der Waals surface area contributed by atoms with Crippen molar-refractivity contribution in [3.63, 3.8) is 0 Å². The average Bonchev–Trinajstić information content (AvgIpc) is 3.19. The Bertz CT molecular complexity index is 474. The minimum atomic E-state index is -0.598. The second-order valence-electron chi connectivity index (χ2n) is 7.20. The topological polar surface area (TPSA) is 55.5 Å². The Labute approximate surface area is 122 Å². The molecule has 20 heavy (non-hydrogen) atoms. The SMILES string of the molecule is Cc1ccc(C(C)(C)C)c(OCC(N)(CO)C2CC2)c1. The van der Waals surface area contributed by atoms with Crippen molar-refractivity contribution in [3.05, 3.63) is 29.3 Å². The molecule has 112 valence electrons. The summed E-state index contributed by atoms with van der Waals surface area (Å²) in [6.07, 6.45) is 2.20. The molecule has 3 heteroatoms. The zero-order valence-electron chi connectivity index (χ0n) is 13.1. The lowest BCUT2D eigenvalue weighted by molar-refractivity contribution is 0.115. The summed E-state index contributed by atoms with van der Waals surface area (Å²) >= 11 is 0. The van der Waals surface area contributed by atoms with Crippen LogP contribution < -0.4 is 10.5 Å². The van der Waals surface area contributed by atoms with Gasteiger partial charge in [0.05, 0.1) is 12.1 Å². The van der Waals surface area contributed by atoms with Crippen LogP contribution in [0, 0.1) is 12.8 Å². The maximum absolute atomic E-state index is 9.55. The van der Waals surface area contributed by atoms with Gasteiger partial charge in [-0.2, -0.15) is 0 Å². The molecule has 1 aliphatic rings. The number of benzene rings is 1. The van der Waals surface area contributed by atoms with Crippen molar-refractivity contribution < 1.29 is 9.84 Å². The van der Waals surface area contributed by atoms with E-state index >= 15 is 0 Å². The lowest BCUT2D eigenvalue weighted by Crippen LogP contribution is -2.51. The predicted octanol–water partition coefficient (Wildman–Crippen LogP) is 2.77. The summed E-state index contributed by atoms with van der Waals surface area (Å²) in [6.45, 7) is 8.93. The molecule has 3 nitrogen and oxygen atoms in total. The molecule has 0 saturated heterocycles. The van der Waals surface area contributed by atoms with Crippen LogP contribution >= 0.6 is 0 Å². The fourth-order valence-corrected chi connectivity index (χ4v) is 2.53. The van der Waals surface area contributed by atoms with Gasteiger partial charge in [0, 0.05) is 0 Å². The molecule has 0 amide bonds. The number of hydrogen-bond acceptors (Lipinski definition) is 3. The first kappa shape index (κ1) is 15.3. The third kappa shape index (κ3) is 3.33. The van der Waals surface area contributed by atoms with E-state index in [9.17, 15) is 5.11 Å². The van der Waals surface area contributed by atoms with Crippen LogP contribution in [0.25, 0.3) is 0 Å². The molecule has 1 unspecified atom stereocenters. The second-order valence-corrected chi connectivity index (χ2v) is 7.20. The molecule has 1 fully saturated rings. The standard InChI is InChI=1S/C17H27NO2/c1-12-5-8-14(16(2,3)4)15(9-12)20-11-17(18,10-19)13-6-7-13/h5,8-9,13,19H,6-7,10-11,18H2,1-4H3. The van der Waals surface area contributed by atoms with Crippen LogP contribution in [-0.2, 0) is 5.41 Å². The van der Waals surface area contributed by atoms with Gasteiger partial charge in [0.1, 0.15) is 12.4 Å². The number of rotatable bonds is 5. The molecule has 0 spiro atoms. The van der Waals surface area contributed by atoms with Gasteiger partial charge in [0.25, 0.3) is 0 Å². The van der Waals surface area contributed by atoms with E-state index in [2.05, 4.69) is 45.9 Å². The number of aryl methyl sites for hydroxylation is 1. The summed E-state index contributed by atoms with van der Waals surface area (Å²) < 4.78 is 6.02. The number of aliphatic hydroxyl groups is 1. The van der Waals surface area contributed by atoms with E-state index < -0.39 is 5.54 Å². The molecular weight excluding hydrogens is 250 g/mol. The van der Waals surface area contributed by atoms with E-state index in [4.69, 9.17) is 10.5 Å². The van der Waals surface area contributed by atoms with Crippen molar-refractivity contribution in [2.24, 2.45) is 11.7 Å². The molecule has 0 bridgehead atoms. The van der Waals surface area contributed by atoms with Crippen LogP contribution in [0.3, 0.4) is 0 Å². The van der Waals surface area contributed by atoms with E-state index in [-0.39, 0.29) is 12.0 Å². The number of nitrogens with two attached hydrogens (primary N) is 1. The van der Waals surface area contributed by atoms with Gasteiger partial charge in [-0.3, -0.25) is 0 Å². The van der Waals surface area contributed by atoms with Gasteiger partial charge in [-0.25, -0.2) is 0 Å². The summed E-state index contributed by atoms with van der Waals surface area (Å²) in [4.78, 5) is 0. The first-order chi connectivity index (χ1) is 9.26. The summed E-state index contributed by atoms with van der Waals surface area (Å²) in [6, 6.07) is 6.29. The fourth-order valence-electron chi connectivity index (χ4n) is 2.53. The highest BCUT2D eigenvalue weighted by atomic mass is 16.5. The van der Waals surface area contributed by atoms with Gasteiger partial charge in [0.15, 0.2) is 0 Å². The summed E-state index contributed by atoms with van der Waals surface area (Å²) in [5, 5.41) is 9.55. The summed E-state index contributed by atoms with van der Waals surface area (Å²) in [7, 11) is 0. The van der Waals surface area contributed by atoms with Gasteiger partial charge in [-0.1, -0.05) is 32.9 Å². The average molecular weight is 277 g/mol. The Balaban J connectivity index is 2.18. The van der Waals surface area contributed by atoms with Crippen molar-refractivity contribution in [2.75, 3.05) is 13.2 Å². The largest absolute Gasteiger partial charge is 0.491 e. The molecule has 0 aliphatic heterocycles. The Morgan fingerprint density at radius 1 is 1.30 bits per heavy atom. The van der Waals surface area contributed by atoms with Crippen molar-refractivity contribution in [3.8, 4) is 5.75 Å². The predicted molar refractivity (Wildman–Crippen MR) is 82.1 cm³/mol. The summed E-state index contributed by atoms with van der Waals surface area (Å²) in [5.74, 6) is 1.29. The first-order valence-corrected chi connectivity index (χ1v) is 7.40. The Morgan fingerprint density at radius 3 is 2.45 bits per heavy atom. The van der Waals surface area contributed by atoms with Crippen LogP contribution in [-0.4, -0.2) is 23.9 Å². The van der Waals surface area contributed by atoms with Gasteiger partial charge in [-0.15, -0.1) is 0 Å². The maximum atomic E-state index is 9.55.